The van der Waals surface area contributed by atoms with Gasteiger partial charge in [0.1, 0.15) is 0 Å². The number of aliphatic hydroxyl groups excluding tert-OH is 1. The Hall–Kier alpha value is -2.73. The van der Waals surface area contributed by atoms with Crippen LogP contribution in [0.1, 0.15) is 36.4 Å². The Morgan fingerprint density at radius 1 is 1.33 bits per heavy atom. The summed E-state index contributed by atoms with van der Waals surface area (Å²) < 4.78 is 1.74. The van der Waals surface area contributed by atoms with Crippen molar-refractivity contribution in [2.45, 2.75) is 37.8 Å². The first-order valence-electron chi connectivity index (χ1n) is 9.38. The highest BCUT2D eigenvalue weighted by Gasteiger charge is 2.35. The van der Waals surface area contributed by atoms with Crippen LogP contribution in [0.15, 0.2) is 48.9 Å². The monoisotopic (exact) mass is 364 g/mol. The maximum Gasteiger partial charge on any atom is 0.220 e. The fourth-order valence-corrected chi connectivity index (χ4v) is 3.74. The minimum Gasteiger partial charge on any atom is -0.393 e. The van der Waals surface area contributed by atoms with Crippen molar-refractivity contribution in [2.24, 2.45) is 13.0 Å². The standard InChI is InChI=1S/C21H24N4O2/c1-25-13-14(11-23-25)6-7-20(27)24-21(16-9-18(26)10-16)17-8-15-4-2-3-5-19(15)22-12-17/h2-5,8,11-13,16,18,21,26H,6-7,9-10H2,1H3,(H,24,27). The van der Waals surface area contributed by atoms with Gasteiger partial charge in [0.15, 0.2) is 0 Å². The second kappa shape index (κ2) is 7.48. The Morgan fingerprint density at radius 3 is 2.89 bits per heavy atom. The van der Waals surface area contributed by atoms with E-state index in [1.165, 1.54) is 0 Å². The zero-order valence-electron chi connectivity index (χ0n) is 15.4. The van der Waals surface area contributed by atoms with Crippen molar-refractivity contribution >= 4 is 16.8 Å². The first-order valence-corrected chi connectivity index (χ1v) is 9.38. The zero-order valence-corrected chi connectivity index (χ0v) is 15.4. The number of aryl methyl sites for hydroxylation is 2. The van der Waals surface area contributed by atoms with Crippen LogP contribution in [-0.4, -0.2) is 31.9 Å². The first-order chi connectivity index (χ1) is 13.1. The number of nitrogens with zero attached hydrogens (tertiary/aromatic N) is 3. The number of rotatable bonds is 6. The van der Waals surface area contributed by atoms with E-state index in [4.69, 9.17) is 0 Å². The number of aromatic nitrogens is 3. The predicted octanol–water partition coefficient (Wildman–Crippen LogP) is 2.53. The summed E-state index contributed by atoms with van der Waals surface area (Å²) in [4.78, 5) is 17.1. The Morgan fingerprint density at radius 2 is 2.15 bits per heavy atom. The number of fused-ring (bicyclic) bond motifs is 1. The first kappa shape index (κ1) is 17.7. The van der Waals surface area contributed by atoms with Gasteiger partial charge in [-0.05, 0) is 48.4 Å². The summed E-state index contributed by atoms with van der Waals surface area (Å²) in [5.74, 6) is 0.253. The molecule has 0 radical (unpaired) electrons. The van der Waals surface area contributed by atoms with Gasteiger partial charge in [0.2, 0.25) is 5.91 Å². The average Bonchev–Trinajstić information content (AvgIpc) is 3.07. The maximum atomic E-state index is 12.6. The van der Waals surface area contributed by atoms with Gasteiger partial charge in [-0.25, -0.2) is 0 Å². The van der Waals surface area contributed by atoms with E-state index in [1.807, 2.05) is 43.7 Å². The zero-order chi connectivity index (χ0) is 18.8. The lowest BCUT2D eigenvalue weighted by molar-refractivity contribution is -0.123. The van der Waals surface area contributed by atoms with E-state index in [-0.39, 0.29) is 24.0 Å². The number of para-hydroxylation sites is 1. The number of hydrogen-bond acceptors (Lipinski definition) is 4. The lowest BCUT2D eigenvalue weighted by atomic mass is 9.75. The highest BCUT2D eigenvalue weighted by atomic mass is 16.3. The third-order valence-electron chi connectivity index (χ3n) is 5.31. The molecule has 6 heteroatoms. The van der Waals surface area contributed by atoms with E-state index in [2.05, 4.69) is 21.5 Å². The molecule has 1 aliphatic carbocycles. The molecule has 0 spiro atoms. The van der Waals surface area contributed by atoms with Gasteiger partial charge in [-0.2, -0.15) is 5.10 Å². The minimum atomic E-state index is -0.266. The highest BCUT2D eigenvalue weighted by molar-refractivity contribution is 5.80. The van der Waals surface area contributed by atoms with E-state index in [0.717, 1.165) is 22.0 Å². The summed E-state index contributed by atoms with van der Waals surface area (Å²) in [5, 5.41) is 18.1. The number of nitrogens with one attached hydrogen (secondary N) is 1. The van der Waals surface area contributed by atoms with Gasteiger partial charge in [0.05, 0.1) is 23.9 Å². The molecular weight excluding hydrogens is 340 g/mol. The number of hydrogen-bond donors (Lipinski definition) is 2. The number of benzene rings is 1. The van der Waals surface area contributed by atoms with Crippen molar-refractivity contribution in [3.63, 3.8) is 0 Å². The Bertz CT molecular complexity index is 946. The van der Waals surface area contributed by atoms with Crippen LogP contribution in [0, 0.1) is 5.92 Å². The summed E-state index contributed by atoms with van der Waals surface area (Å²) in [5.41, 5.74) is 2.99. The Balaban J connectivity index is 1.49. The number of pyridine rings is 1. The van der Waals surface area contributed by atoms with Crippen molar-refractivity contribution in [3.8, 4) is 0 Å². The third-order valence-corrected chi connectivity index (χ3v) is 5.31. The number of carbonyl (C=O) groups is 1. The lowest BCUT2D eigenvalue weighted by Crippen LogP contribution is -2.41. The summed E-state index contributed by atoms with van der Waals surface area (Å²) in [6, 6.07) is 9.94. The van der Waals surface area contributed by atoms with Crippen molar-refractivity contribution in [1.82, 2.24) is 20.1 Å². The van der Waals surface area contributed by atoms with Crippen LogP contribution in [0.4, 0.5) is 0 Å². The SMILES string of the molecule is Cn1cc(CCC(=O)NC(c2cnc3ccccc3c2)C2CC(O)C2)cn1. The van der Waals surface area contributed by atoms with Crippen LogP contribution < -0.4 is 5.32 Å². The van der Waals surface area contributed by atoms with E-state index < -0.39 is 0 Å². The Labute approximate surface area is 158 Å². The molecule has 1 amide bonds. The molecule has 0 bridgehead atoms. The van der Waals surface area contributed by atoms with E-state index in [0.29, 0.717) is 25.7 Å². The molecule has 0 aliphatic heterocycles. The third kappa shape index (κ3) is 4.01. The molecule has 1 fully saturated rings. The largest absolute Gasteiger partial charge is 0.393 e. The normalized spacial score (nSPS) is 20.2. The second-order valence-electron chi connectivity index (χ2n) is 7.41. The van der Waals surface area contributed by atoms with Gasteiger partial charge in [0.25, 0.3) is 0 Å². The molecule has 1 aliphatic rings. The highest BCUT2D eigenvalue weighted by Crippen LogP contribution is 2.38. The molecular formula is C21H24N4O2. The van der Waals surface area contributed by atoms with Gasteiger partial charge in [-0.15, -0.1) is 0 Å². The fourth-order valence-electron chi connectivity index (χ4n) is 3.74. The number of aliphatic hydroxyl groups is 1. The van der Waals surface area contributed by atoms with Crippen LogP contribution in [0.5, 0.6) is 0 Å². The molecule has 2 aromatic heterocycles. The quantitative estimate of drug-likeness (QED) is 0.704. The molecule has 6 nitrogen and oxygen atoms in total. The van der Waals surface area contributed by atoms with Crippen LogP contribution in [0.2, 0.25) is 0 Å². The van der Waals surface area contributed by atoms with Gasteiger partial charge in [-0.1, -0.05) is 18.2 Å². The van der Waals surface area contributed by atoms with Crippen molar-refractivity contribution in [3.05, 3.63) is 60.0 Å². The molecule has 1 atom stereocenters. The van der Waals surface area contributed by atoms with Gasteiger partial charge >= 0.3 is 0 Å². The van der Waals surface area contributed by atoms with Crippen molar-refractivity contribution in [2.75, 3.05) is 0 Å². The fraction of sp³-hybridized carbons (Fsp3) is 0.381. The van der Waals surface area contributed by atoms with E-state index in [1.54, 1.807) is 10.9 Å². The van der Waals surface area contributed by atoms with Crippen molar-refractivity contribution < 1.29 is 9.90 Å². The van der Waals surface area contributed by atoms with Crippen LogP contribution >= 0.6 is 0 Å². The molecule has 140 valence electrons. The smallest absolute Gasteiger partial charge is 0.220 e. The van der Waals surface area contributed by atoms with Crippen LogP contribution in [0.25, 0.3) is 10.9 Å². The van der Waals surface area contributed by atoms with Crippen LogP contribution in [-0.2, 0) is 18.3 Å². The molecule has 1 saturated carbocycles. The van der Waals surface area contributed by atoms with Gasteiger partial charge in [0, 0.05) is 31.2 Å². The molecule has 1 aromatic carbocycles. The molecule has 2 heterocycles. The molecule has 4 rings (SSSR count). The number of carbonyl (C=O) groups excluding carboxylic acids is 1. The molecule has 3 aromatic rings. The molecule has 0 saturated heterocycles. The predicted molar refractivity (Wildman–Crippen MR) is 103 cm³/mol. The summed E-state index contributed by atoms with van der Waals surface area (Å²) in [7, 11) is 1.87. The average molecular weight is 364 g/mol. The lowest BCUT2D eigenvalue weighted by Gasteiger charge is -2.38. The summed E-state index contributed by atoms with van der Waals surface area (Å²) >= 11 is 0. The summed E-state index contributed by atoms with van der Waals surface area (Å²) in [6.07, 6.45) is 7.80. The van der Waals surface area contributed by atoms with E-state index in [9.17, 15) is 9.90 Å². The topological polar surface area (TPSA) is 80.0 Å². The maximum absolute atomic E-state index is 12.6. The van der Waals surface area contributed by atoms with Gasteiger partial charge in [-0.3, -0.25) is 14.5 Å². The number of amides is 1. The Kier molecular flexibility index (Phi) is 4.90. The van der Waals surface area contributed by atoms with Gasteiger partial charge < -0.3 is 10.4 Å². The molecule has 27 heavy (non-hydrogen) atoms. The van der Waals surface area contributed by atoms with E-state index >= 15 is 0 Å². The summed E-state index contributed by atoms with van der Waals surface area (Å²) in [6.45, 7) is 0. The van der Waals surface area contributed by atoms with Crippen LogP contribution in [0.3, 0.4) is 0 Å². The van der Waals surface area contributed by atoms with Crippen molar-refractivity contribution in [1.29, 1.82) is 0 Å². The second-order valence-corrected chi connectivity index (χ2v) is 7.41. The minimum absolute atomic E-state index is 0.0124. The molecule has 1 unspecified atom stereocenters. The molecule has 2 N–H and O–H groups in total.